The quantitative estimate of drug-likeness (QED) is 0.749. The Morgan fingerprint density at radius 1 is 1.11 bits per heavy atom. The molecule has 0 aromatic heterocycles. The van der Waals surface area contributed by atoms with Gasteiger partial charge in [0.05, 0.1) is 5.69 Å². The van der Waals surface area contributed by atoms with Gasteiger partial charge >= 0.3 is 5.97 Å². The van der Waals surface area contributed by atoms with Gasteiger partial charge in [-0.1, -0.05) is 39.0 Å². The van der Waals surface area contributed by atoms with Gasteiger partial charge in [0.1, 0.15) is 17.4 Å². The first-order valence-electron chi connectivity index (χ1n) is 8.75. The summed E-state index contributed by atoms with van der Waals surface area (Å²) in [6.07, 6.45) is -1.18. The van der Waals surface area contributed by atoms with E-state index in [2.05, 4.69) is 5.32 Å². The number of amides is 1. The molecule has 0 saturated carbocycles. The van der Waals surface area contributed by atoms with Crippen molar-refractivity contribution in [1.82, 2.24) is 0 Å². The number of esters is 1. The zero-order valence-electron chi connectivity index (χ0n) is 16.2. The number of carbonyl (C=O) groups excluding carboxylic acids is 2. The fourth-order valence-electron chi connectivity index (χ4n) is 2.46. The summed E-state index contributed by atoms with van der Waals surface area (Å²) < 4.78 is 37.1. The van der Waals surface area contributed by atoms with Crippen LogP contribution in [0.4, 0.5) is 14.5 Å². The standard InChI is InChI=1S/C21H23F2NO4/c1-13(20(26)24-17-10-9-14(22)11-16(17)23)28-19(25)12-27-18-8-6-5-7-15(18)21(2,3)4/h5-11,13H,12H2,1-4H3,(H,24,26)/t13-/m1/s1. The average Bonchev–Trinajstić information content (AvgIpc) is 2.61. The molecule has 2 aromatic carbocycles. The Balaban J connectivity index is 1.91. The number of ether oxygens (including phenoxy) is 2. The smallest absolute Gasteiger partial charge is 0.344 e. The van der Waals surface area contributed by atoms with E-state index in [1.54, 1.807) is 12.1 Å². The molecule has 0 spiro atoms. The molecule has 0 fully saturated rings. The molecule has 0 radical (unpaired) electrons. The Morgan fingerprint density at radius 3 is 2.43 bits per heavy atom. The molecule has 150 valence electrons. The van der Waals surface area contributed by atoms with Gasteiger partial charge in [-0.3, -0.25) is 4.79 Å². The Morgan fingerprint density at radius 2 is 1.79 bits per heavy atom. The van der Waals surface area contributed by atoms with E-state index in [0.717, 1.165) is 17.7 Å². The zero-order chi connectivity index (χ0) is 20.9. The van der Waals surface area contributed by atoms with E-state index in [1.165, 1.54) is 6.92 Å². The van der Waals surface area contributed by atoms with Crippen LogP contribution >= 0.6 is 0 Å². The van der Waals surface area contributed by atoms with Crippen LogP contribution in [0.3, 0.4) is 0 Å². The third-order valence-electron chi connectivity index (χ3n) is 3.91. The lowest BCUT2D eigenvalue weighted by Gasteiger charge is -2.22. The van der Waals surface area contributed by atoms with Crippen LogP contribution in [0.25, 0.3) is 0 Å². The molecule has 0 aliphatic rings. The molecule has 28 heavy (non-hydrogen) atoms. The lowest BCUT2D eigenvalue weighted by Crippen LogP contribution is -2.32. The van der Waals surface area contributed by atoms with Crippen molar-refractivity contribution in [3.63, 3.8) is 0 Å². The van der Waals surface area contributed by atoms with Gasteiger partial charge < -0.3 is 14.8 Å². The molecule has 2 aromatic rings. The second-order valence-electron chi connectivity index (χ2n) is 7.28. The maximum atomic E-state index is 13.6. The number of hydrogen-bond acceptors (Lipinski definition) is 4. The van der Waals surface area contributed by atoms with E-state index in [0.29, 0.717) is 11.8 Å². The predicted octanol–water partition coefficient (Wildman–Crippen LogP) is 4.21. The first-order chi connectivity index (χ1) is 13.1. The minimum atomic E-state index is -1.18. The molecule has 2 rings (SSSR count). The zero-order valence-corrected chi connectivity index (χ0v) is 16.2. The van der Waals surface area contributed by atoms with Crippen LogP contribution in [0.5, 0.6) is 5.75 Å². The molecular weight excluding hydrogens is 368 g/mol. The van der Waals surface area contributed by atoms with Gasteiger partial charge in [-0.25, -0.2) is 13.6 Å². The highest BCUT2D eigenvalue weighted by Crippen LogP contribution is 2.30. The van der Waals surface area contributed by atoms with E-state index < -0.39 is 29.6 Å². The third kappa shape index (κ3) is 5.77. The van der Waals surface area contributed by atoms with Crippen LogP contribution in [0.15, 0.2) is 42.5 Å². The normalized spacial score (nSPS) is 12.2. The average molecular weight is 391 g/mol. The second-order valence-corrected chi connectivity index (χ2v) is 7.28. The van der Waals surface area contributed by atoms with E-state index in [1.807, 2.05) is 32.9 Å². The number of anilines is 1. The molecule has 7 heteroatoms. The molecule has 0 bridgehead atoms. The molecule has 5 nitrogen and oxygen atoms in total. The molecular formula is C21H23F2NO4. The fraction of sp³-hybridized carbons (Fsp3) is 0.333. The fourth-order valence-corrected chi connectivity index (χ4v) is 2.46. The maximum Gasteiger partial charge on any atom is 0.344 e. The highest BCUT2D eigenvalue weighted by Gasteiger charge is 2.22. The van der Waals surface area contributed by atoms with Crippen molar-refractivity contribution >= 4 is 17.6 Å². The Labute approximate surface area is 162 Å². The topological polar surface area (TPSA) is 64.6 Å². The number of nitrogens with one attached hydrogen (secondary N) is 1. The number of benzene rings is 2. The number of rotatable bonds is 6. The summed E-state index contributed by atoms with van der Waals surface area (Å²) in [5.74, 6) is -2.62. The molecule has 1 amide bonds. The summed E-state index contributed by atoms with van der Waals surface area (Å²) in [7, 11) is 0. The van der Waals surface area contributed by atoms with Crippen molar-refractivity contribution in [3.05, 3.63) is 59.7 Å². The number of halogens is 2. The van der Waals surface area contributed by atoms with Crippen molar-refractivity contribution in [3.8, 4) is 5.75 Å². The summed E-state index contributed by atoms with van der Waals surface area (Å²) in [5.41, 5.74) is 0.553. The van der Waals surface area contributed by atoms with Crippen LogP contribution in [0.1, 0.15) is 33.3 Å². The summed E-state index contributed by atoms with van der Waals surface area (Å²) >= 11 is 0. The lowest BCUT2D eigenvalue weighted by atomic mass is 9.86. The maximum absolute atomic E-state index is 13.6. The third-order valence-corrected chi connectivity index (χ3v) is 3.91. The van der Waals surface area contributed by atoms with Crippen molar-refractivity contribution in [2.45, 2.75) is 39.2 Å². The number of carbonyl (C=O) groups is 2. The summed E-state index contributed by atoms with van der Waals surface area (Å²) in [6, 6.07) is 10.1. The second kappa shape index (κ2) is 8.82. The predicted molar refractivity (Wildman–Crippen MR) is 101 cm³/mol. The SMILES string of the molecule is C[C@@H](OC(=O)COc1ccccc1C(C)(C)C)C(=O)Nc1ccc(F)cc1F. The van der Waals surface area contributed by atoms with Crippen molar-refractivity contribution in [2.24, 2.45) is 0 Å². The van der Waals surface area contributed by atoms with E-state index in [4.69, 9.17) is 9.47 Å². The number of hydrogen-bond donors (Lipinski definition) is 1. The summed E-state index contributed by atoms with van der Waals surface area (Å²) in [4.78, 5) is 24.1. The van der Waals surface area contributed by atoms with Gasteiger partial charge in [0, 0.05) is 6.07 Å². The van der Waals surface area contributed by atoms with Gasteiger partial charge in [0.25, 0.3) is 5.91 Å². The molecule has 0 aliphatic carbocycles. The Kier molecular flexibility index (Phi) is 6.72. The highest BCUT2D eigenvalue weighted by molar-refractivity contribution is 5.95. The van der Waals surface area contributed by atoms with E-state index in [-0.39, 0.29) is 17.7 Å². The van der Waals surface area contributed by atoms with Crippen molar-refractivity contribution in [2.75, 3.05) is 11.9 Å². The molecule has 1 N–H and O–H groups in total. The van der Waals surface area contributed by atoms with Crippen LogP contribution in [-0.2, 0) is 19.7 Å². The van der Waals surface area contributed by atoms with Crippen LogP contribution in [0, 0.1) is 11.6 Å². The number of para-hydroxylation sites is 1. The van der Waals surface area contributed by atoms with Crippen LogP contribution in [0.2, 0.25) is 0 Å². The largest absolute Gasteiger partial charge is 0.482 e. The first kappa shape index (κ1) is 21.3. The monoisotopic (exact) mass is 391 g/mol. The highest BCUT2D eigenvalue weighted by atomic mass is 19.1. The molecule has 1 atom stereocenters. The minimum absolute atomic E-state index is 0.174. The Hall–Kier alpha value is -2.96. The molecule has 0 heterocycles. The Bertz CT molecular complexity index is 862. The van der Waals surface area contributed by atoms with E-state index >= 15 is 0 Å². The molecule has 0 aliphatic heterocycles. The molecule has 0 saturated heterocycles. The van der Waals surface area contributed by atoms with Gasteiger partial charge in [-0.2, -0.15) is 0 Å². The van der Waals surface area contributed by atoms with E-state index in [9.17, 15) is 18.4 Å². The van der Waals surface area contributed by atoms with Crippen LogP contribution < -0.4 is 10.1 Å². The van der Waals surface area contributed by atoms with Gasteiger partial charge in [-0.05, 0) is 36.1 Å². The van der Waals surface area contributed by atoms with Crippen molar-refractivity contribution < 1.29 is 27.8 Å². The van der Waals surface area contributed by atoms with Gasteiger partial charge in [0.2, 0.25) is 0 Å². The minimum Gasteiger partial charge on any atom is -0.482 e. The van der Waals surface area contributed by atoms with Crippen molar-refractivity contribution in [1.29, 1.82) is 0 Å². The lowest BCUT2D eigenvalue weighted by molar-refractivity contribution is -0.155. The molecule has 0 unspecified atom stereocenters. The van der Waals surface area contributed by atoms with Gasteiger partial charge in [-0.15, -0.1) is 0 Å². The van der Waals surface area contributed by atoms with Gasteiger partial charge in [0.15, 0.2) is 12.7 Å². The first-order valence-corrected chi connectivity index (χ1v) is 8.75. The summed E-state index contributed by atoms with van der Waals surface area (Å²) in [6.45, 7) is 7.03. The van der Waals surface area contributed by atoms with Crippen LogP contribution in [-0.4, -0.2) is 24.6 Å². The summed E-state index contributed by atoms with van der Waals surface area (Å²) in [5, 5.41) is 2.25.